The first kappa shape index (κ1) is 12.0. The van der Waals surface area contributed by atoms with Gasteiger partial charge in [0.05, 0.1) is 10.7 Å². The summed E-state index contributed by atoms with van der Waals surface area (Å²) in [7, 11) is 0. The van der Waals surface area contributed by atoms with Gasteiger partial charge in [0, 0.05) is 11.9 Å². The predicted octanol–water partition coefficient (Wildman–Crippen LogP) is 1.79. The van der Waals surface area contributed by atoms with Crippen molar-refractivity contribution in [1.29, 1.82) is 0 Å². The summed E-state index contributed by atoms with van der Waals surface area (Å²) in [5.41, 5.74) is 1.20. The van der Waals surface area contributed by atoms with Crippen LogP contribution in [0.15, 0.2) is 5.38 Å². The monoisotopic (exact) mass is 239 g/mol. The number of aryl methyl sites for hydroxylation is 1. The lowest BCUT2D eigenvalue weighted by atomic mass is 9.98. The Morgan fingerprint density at radius 2 is 2.31 bits per heavy atom. The van der Waals surface area contributed by atoms with Gasteiger partial charge in [-0.1, -0.05) is 6.92 Å². The third-order valence-electron chi connectivity index (χ3n) is 3.10. The predicted molar refractivity (Wildman–Crippen MR) is 68.8 cm³/mol. The highest BCUT2D eigenvalue weighted by Crippen LogP contribution is 2.12. The van der Waals surface area contributed by atoms with Gasteiger partial charge in [-0.3, -0.25) is 0 Å². The van der Waals surface area contributed by atoms with Crippen molar-refractivity contribution in [1.82, 2.24) is 15.6 Å². The smallest absolute Gasteiger partial charge is 0.0926 e. The van der Waals surface area contributed by atoms with E-state index in [-0.39, 0.29) is 0 Å². The van der Waals surface area contributed by atoms with Crippen LogP contribution in [0.25, 0.3) is 0 Å². The van der Waals surface area contributed by atoms with Gasteiger partial charge in [0.2, 0.25) is 0 Å². The van der Waals surface area contributed by atoms with Crippen LogP contribution >= 0.6 is 11.3 Å². The van der Waals surface area contributed by atoms with E-state index in [2.05, 4.69) is 27.9 Å². The Labute approximate surface area is 102 Å². The molecule has 16 heavy (non-hydrogen) atoms. The molecule has 1 saturated heterocycles. The fourth-order valence-corrected chi connectivity index (χ4v) is 2.83. The lowest BCUT2D eigenvalue weighted by Crippen LogP contribution is -2.33. The molecular weight excluding hydrogens is 218 g/mol. The zero-order valence-corrected chi connectivity index (χ0v) is 10.8. The third kappa shape index (κ3) is 3.54. The maximum atomic E-state index is 4.56. The summed E-state index contributed by atoms with van der Waals surface area (Å²) in [5, 5.41) is 10.3. The largest absolute Gasteiger partial charge is 0.317 e. The minimum absolute atomic E-state index is 0.852. The number of nitrogens with one attached hydrogen (secondary N) is 2. The summed E-state index contributed by atoms with van der Waals surface area (Å²) in [4.78, 5) is 4.56. The summed E-state index contributed by atoms with van der Waals surface area (Å²) >= 11 is 1.77. The molecule has 2 rings (SSSR count). The quantitative estimate of drug-likeness (QED) is 0.822. The van der Waals surface area contributed by atoms with Crippen molar-refractivity contribution in [2.24, 2.45) is 5.92 Å². The molecule has 0 spiro atoms. The molecule has 4 heteroatoms. The average molecular weight is 239 g/mol. The number of hydrogen-bond donors (Lipinski definition) is 2. The van der Waals surface area contributed by atoms with Crippen LogP contribution in [0, 0.1) is 5.92 Å². The Balaban J connectivity index is 1.66. The van der Waals surface area contributed by atoms with E-state index in [0.717, 1.165) is 25.4 Å². The molecule has 0 saturated carbocycles. The molecule has 90 valence electrons. The van der Waals surface area contributed by atoms with E-state index in [4.69, 9.17) is 0 Å². The number of aromatic nitrogens is 1. The van der Waals surface area contributed by atoms with Crippen molar-refractivity contribution in [3.63, 3.8) is 0 Å². The van der Waals surface area contributed by atoms with Crippen LogP contribution in [0.5, 0.6) is 0 Å². The molecule has 0 aliphatic carbocycles. The summed E-state index contributed by atoms with van der Waals surface area (Å²) in [6.45, 7) is 6.60. The molecule has 1 aliphatic heterocycles. The molecule has 1 aliphatic rings. The molecular formula is C12H21N3S. The Kier molecular flexibility index (Phi) is 4.75. The molecule has 1 aromatic heterocycles. The molecule has 0 unspecified atom stereocenters. The van der Waals surface area contributed by atoms with Crippen LogP contribution in [-0.4, -0.2) is 24.6 Å². The molecule has 1 fully saturated rings. The van der Waals surface area contributed by atoms with Gasteiger partial charge in [-0.05, 0) is 44.8 Å². The van der Waals surface area contributed by atoms with Crippen LogP contribution in [0.2, 0.25) is 0 Å². The molecule has 1 aromatic rings. The van der Waals surface area contributed by atoms with E-state index in [9.17, 15) is 0 Å². The number of rotatable bonds is 5. The van der Waals surface area contributed by atoms with Crippen molar-refractivity contribution >= 4 is 11.3 Å². The van der Waals surface area contributed by atoms with Crippen LogP contribution in [-0.2, 0) is 13.0 Å². The zero-order chi connectivity index (χ0) is 11.2. The van der Waals surface area contributed by atoms with E-state index in [0.29, 0.717) is 0 Å². The fraction of sp³-hybridized carbons (Fsp3) is 0.750. The first-order valence-corrected chi connectivity index (χ1v) is 7.11. The van der Waals surface area contributed by atoms with Crippen LogP contribution in [0.4, 0.5) is 0 Å². The van der Waals surface area contributed by atoms with E-state index >= 15 is 0 Å². The maximum Gasteiger partial charge on any atom is 0.0926 e. The lowest BCUT2D eigenvalue weighted by Gasteiger charge is -2.22. The van der Waals surface area contributed by atoms with Gasteiger partial charge < -0.3 is 10.6 Å². The molecule has 3 nitrogen and oxygen atoms in total. The molecule has 2 N–H and O–H groups in total. The zero-order valence-electron chi connectivity index (χ0n) is 9.96. The topological polar surface area (TPSA) is 37.0 Å². The van der Waals surface area contributed by atoms with Gasteiger partial charge in [-0.25, -0.2) is 4.98 Å². The van der Waals surface area contributed by atoms with Gasteiger partial charge >= 0.3 is 0 Å². The second kappa shape index (κ2) is 6.33. The molecule has 0 radical (unpaired) electrons. The normalized spacial score (nSPS) is 17.8. The number of thiazole rings is 1. The maximum absolute atomic E-state index is 4.56. The van der Waals surface area contributed by atoms with Crippen molar-refractivity contribution in [2.75, 3.05) is 19.6 Å². The third-order valence-corrected chi connectivity index (χ3v) is 4.14. The Bertz CT molecular complexity index is 305. The highest BCUT2D eigenvalue weighted by atomic mass is 32.1. The lowest BCUT2D eigenvalue weighted by molar-refractivity contribution is 0.356. The van der Waals surface area contributed by atoms with E-state index < -0.39 is 0 Å². The molecule has 2 heterocycles. The molecule has 0 atom stereocenters. The SMILES string of the molecule is CCc1nc(CNCC2CCNCC2)cs1. The van der Waals surface area contributed by atoms with Crippen molar-refractivity contribution in [3.8, 4) is 0 Å². The second-order valence-electron chi connectivity index (χ2n) is 4.41. The fourth-order valence-electron chi connectivity index (χ4n) is 2.08. The van der Waals surface area contributed by atoms with Gasteiger partial charge in [-0.15, -0.1) is 11.3 Å². The van der Waals surface area contributed by atoms with Gasteiger partial charge in [0.1, 0.15) is 0 Å². The van der Waals surface area contributed by atoms with E-state index in [1.807, 2.05) is 0 Å². The first-order chi connectivity index (χ1) is 7.88. The van der Waals surface area contributed by atoms with E-state index in [1.54, 1.807) is 11.3 Å². The summed E-state index contributed by atoms with van der Waals surface area (Å²) in [6, 6.07) is 0. The highest BCUT2D eigenvalue weighted by Gasteiger charge is 2.12. The Hall–Kier alpha value is -0.450. The number of piperidine rings is 1. The molecule has 0 aromatic carbocycles. The van der Waals surface area contributed by atoms with Gasteiger partial charge in [0.15, 0.2) is 0 Å². The highest BCUT2D eigenvalue weighted by molar-refractivity contribution is 7.09. The van der Waals surface area contributed by atoms with Crippen LogP contribution in [0.1, 0.15) is 30.5 Å². The van der Waals surface area contributed by atoms with E-state index in [1.165, 1.54) is 36.6 Å². The van der Waals surface area contributed by atoms with Crippen molar-refractivity contribution in [2.45, 2.75) is 32.7 Å². The van der Waals surface area contributed by atoms with Crippen molar-refractivity contribution < 1.29 is 0 Å². The van der Waals surface area contributed by atoms with Gasteiger partial charge in [0.25, 0.3) is 0 Å². The standard InChI is InChI=1S/C12H21N3S/c1-2-12-15-11(9-16-12)8-14-7-10-3-5-13-6-4-10/h9-10,13-14H,2-8H2,1H3. The summed E-state index contributed by atoms with van der Waals surface area (Å²) < 4.78 is 0. The number of hydrogen-bond acceptors (Lipinski definition) is 4. The number of nitrogens with zero attached hydrogens (tertiary/aromatic N) is 1. The van der Waals surface area contributed by atoms with Gasteiger partial charge in [-0.2, -0.15) is 0 Å². The minimum Gasteiger partial charge on any atom is -0.317 e. The van der Waals surface area contributed by atoms with Crippen LogP contribution < -0.4 is 10.6 Å². The van der Waals surface area contributed by atoms with Crippen molar-refractivity contribution in [3.05, 3.63) is 16.1 Å². The second-order valence-corrected chi connectivity index (χ2v) is 5.35. The average Bonchev–Trinajstić information content (AvgIpc) is 2.78. The summed E-state index contributed by atoms with van der Waals surface area (Å²) in [5.74, 6) is 0.852. The minimum atomic E-state index is 0.852. The molecule has 0 bridgehead atoms. The first-order valence-electron chi connectivity index (χ1n) is 6.23. The Morgan fingerprint density at radius 1 is 1.50 bits per heavy atom. The molecule has 0 amide bonds. The van der Waals surface area contributed by atoms with Crippen LogP contribution in [0.3, 0.4) is 0 Å². The Morgan fingerprint density at radius 3 is 3.00 bits per heavy atom. The summed E-state index contributed by atoms with van der Waals surface area (Å²) in [6.07, 6.45) is 3.67.